The molecule has 5 rings (SSSR count). The van der Waals surface area contributed by atoms with Crippen LogP contribution in [0.15, 0.2) is 79.4 Å². The van der Waals surface area contributed by atoms with Gasteiger partial charge in [-0.3, -0.25) is 4.90 Å². The molecule has 1 aliphatic heterocycles. The standard InChI is InChI=1S/C32H31F2NO2/c1-22(23-6-10-26(11-7-23)37-19-18-35-16-4-3-5-17-35)32-28-15-12-27(36-2)20-24(28)8-13-30(32)29-14-9-25(33)21-31(29)34/h6-15,20-21H,1,3-5,16-19H2,2H3. The highest BCUT2D eigenvalue weighted by molar-refractivity contribution is 6.03. The summed E-state index contributed by atoms with van der Waals surface area (Å²) in [4.78, 5) is 2.45. The fourth-order valence-electron chi connectivity index (χ4n) is 5.06. The van der Waals surface area contributed by atoms with Crippen molar-refractivity contribution < 1.29 is 18.3 Å². The summed E-state index contributed by atoms with van der Waals surface area (Å²) in [5, 5.41) is 1.85. The summed E-state index contributed by atoms with van der Waals surface area (Å²) in [6, 6.07) is 21.1. The van der Waals surface area contributed by atoms with Crippen LogP contribution < -0.4 is 9.47 Å². The number of fused-ring (bicyclic) bond motifs is 1. The van der Waals surface area contributed by atoms with E-state index in [4.69, 9.17) is 9.47 Å². The van der Waals surface area contributed by atoms with E-state index in [1.165, 1.54) is 31.4 Å². The zero-order valence-electron chi connectivity index (χ0n) is 21.1. The second-order valence-corrected chi connectivity index (χ2v) is 9.45. The van der Waals surface area contributed by atoms with Crippen molar-refractivity contribution in [3.8, 4) is 22.6 Å². The van der Waals surface area contributed by atoms with Crippen LogP contribution in [0.5, 0.6) is 11.5 Å². The highest BCUT2D eigenvalue weighted by atomic mass is 19.1. The van der Waals surface area contributed by atoms with Gasteiger partial charge in [-0.05, 0) is 95.4 Å². The first kappa shape index (κ1) is 25.0. The number of ether oxygens (including phenoxy) is 2. The molecule has 1 saturated heterocycles. The molecule has 5 heteroatoms. The van der Waals surface area contributed by atoms with Crippen LogP contribution >= 0.6 is 0 Å². The zero-order chi connectivity index (χ0) is 25.8. The first-order valence-electron chi connectivity index (χ1n) is 12.7. The van der Waals surface area contributed by atoms with Crippen molar-refractivity contribution in [2.75, 3.05) is 33.4 Å². The molecule has 0 aliphatic carbocycles. The van der Waals surface area contributed by atoms with Gasteiger partial charge in [-0.2, -0.15) is 0 Å². The lowest BCUT2D eigenvalue weighted by Crippen LogP contribution is -2.33. The summed E-state index contributed by atoms with van der Waals surface area (Å²) in [5.74, 6) is 0.319. The molecule has 0 amide bonds. The summed E-state index contributed by atoms with van der Waals surface area (Å²) >= 11 is 0. The molecule has 1 fully saturated rings. The van der Waals surface area contributed by atoms with Crippen LogP contribution in [0.2, 0.25) is 0 Å². The third-order valence-corrected chi connectivity index (χ3v) is 7.08. The number of hydrogen-bond acceptors (Lipinski definition) is 3. The molecule has 4 aromatic carbocycles. The van der Waals surface area contributed by atoms with E-state index >= 15 is 0 Å². The fourth-order valence-corrected chi connectivity index (χ4v) is 5.06. The maximum Gasteiger partial charge on any atom is 0.133 e. The van der Waals surface area contributed by atoms with Crippen LogP contribution in [0.1, 0.15) is 30.4 Å². The van der Waals surface area contributed by atoms with Gasteiger partial charge in [0.2, 0.25) is 0 Å². The van der Waals surface area contributed by atoms with E-state index in [1.807, 2.05) is 54.6 Å². The highest BCUT2D eigenvalue weighted by Crippen LogP contribution is 2.39. The zero-order valence-corrected chi connectivity index (χ0v) is 21.1. The molecule has 0 radical (unpaired) electrons. The molecule has 0 unspecified atom stereocenters. The Bertz CT molecular complexity index is 1410. The molecule has 0 saturated carbocycles. The van der Waals surface area contributed by atoms with Gasteiger partial charge >= 0.3 is 0 Å². The van der Waals surface area contributed by atoms with Crippen LogP contribution in [0.3, 0.4) is 0 Å². The van der Waals surface area contributed by atoms with Gasteiger partial charge in [-0.15, -0.1) is 0 Å². The number of likely N-dealkylation sites (tertiary alicyclic amines) is 1. The van der Waals surface area contributed by atoms with Crippen LogP contribution in [-0.4, -0.2) is 38.3 Å². The van der Waals surface area contributed by atoms with Gasteiger partial charge in [0.15, 0.2) is 0 Å². The molecule has 0 aromatic heterocycles. The van der Waals surface area contributed by atoms with Crippen molar-refractivity contribution >= 4 is 16.3 Å². The molecular weight excluding hydrogens is 468 g/mol. The largest absolute Gasteiger partial charge is 0.497 e. The first-order chi connectivity index (χ1) is 18.0. The Morgan fingerprint density at radius 3 is 2.30 bits per heavy atom. The van der Waals surface area contributed by atoms with E-state index in [0.717, 1.165) is 64.7 Å². The molecule has 0 spiro atoms. The maximum absolute atomic E-state index is 14.9. The van der Waals surface area contributed by atoms with Crippen LogP contribution in [-0.2, 0) is 0 Å². The van der Waals surface area contributed by atoms with E-state index in [2.05, 4.69) is 11.5 Å². The van der Waals surface area contributed by atoms with Gasteiger partial charge < -0.3 is 9.47 Å². The van der Waals surface area contributed by atoms with Crippen molar-refractivity contribution in [2.24, 2.45) is 0 Å². The van der Waals surface area contributed by atoms with Gasteiger partial charge in [0.1, 0.15) is 29.7 Å². The lowest BCUT2D eigenvalue weighted by atomic mass is 9.87. The molecule has 4 aromatic rings. The molecule has 190 valence electrons. The van der Waals surface area contributed by atoms with E-state index in [-0.39, 0.29) is 0 Å². The summed E-state index contributed by atoms with van der Waals surface area (Å²) in [5.41, 5.74) is 3.42. The Balaban J connectivity index is 1.46. The van der Waals surface area contributed by atoms with Gasteiger partial charge in [0.05, 0.1) is 7.11 Å². The van der Waals surface area contributed by atoms with Crippen molar-refractivity contribution in [2.45, 2.75) is 19.3 Å². The third kappa shape index (κ3) is 5.52. The number of hydrogen-bond donors (Lipinski definition) is 0. The molecular formula is C32H31F2NO2. The monoisotopic (exact) mass is 499 g/mol. The summed E-state index contributed by atoms with van der Waals surface area (Å²) in [6.07, 6.45) is 3.85. The molecule has 3 nitrogen and oxygen atoms in total. The molecule has 1 aliphatic rings. The number of piperidine rings is 1. The quantitative estimate of drug-likeness (QED) is 0.248. The average Bonchev–Trinajstić information content (AvgIpc) is 2.93. The smallest absolute Gasteiger partial charge is 0.133 e. The highest BCUT2D eigenvalue weighted by Gasteiger charge is 2.18. The third-order valence-electron chi connectivity index (χ3n) is 7.08. The topological polar surface area (TPSA) is 21.7 Å². The molecule has 1 heterocycles. The lowest BCUT2D eigenvalue weighted by Gasteiger charge is -2.26. The minimum atomic E-state index is -0.612. The second kappa shape index (κ2) is 11.1. The Labute approximate surface area is 216 Å². The van der Waals surface area contributed by atoms with E-state index in [9.17, 15) is 8.78 Å². The number of rotatable bonds is 8. The average molecular weight is 500 g/mol. The maximum atomic E-state index is 14.9. The predicted octanol–water partition coefficient (Wildman–Crippen LogP) is 7.72. The summed E-state index contributed by atoms with van der Waals surface area (Å²) in [6.45, 7) is 8.28. The number of nitrogens with zero attached hydrogens (tertiary/aromatic N) is 1. The van der Waals surface area contributed by atoms with Crippen molar-refractivity contribution in [3.05, 3.63) is 102 Å². The van der Waals surface area contributed by atoms with Crippen LogP contribution in [0.4, 0.5) is 8.78 Å². The van der Waals surface area contributed by atoms with E-state index in [1.54, 1.807) is 7.11 Å². The van der Waals surface area contributed by atoms with Crippen LogP contribution in [0, 0.1) is 11.6 Å². The van der Waals surface area contributed by atoms with E-state index in [0.29, 0.717) is 17.7 Å². The number of benzene rings is 4. The van der Waals surface area contributed by atoms with Crippen molar-refractivity contribution in [1.29, 1.82) is 0 Å². The molecule has 37 heavy (non-hydrogen) atoms. The Kier molecular flexibility index (Phi) is 7.52. The second-order valence-electron chi connectivity index (χ2n) is 9.45. The SMILES string of the molecule is C=C(c1ccc(OCCN2CCCCC2)cc1)c1c(-c2ccc(F)cc2F)ccc2cc(OC)ccc12. The Hall–Kier alpha value is -3.70. The number of methoxy groups -OCH3 is 1. The molecule has 0 bridgehead atoms. The van der Waals surface area contributed by atoms with Gasteiger partial charge in [-0.25, -0.2) is 8.78 Å². The molecule has 0 N–H and O–H groups in total. The first-order valence-corrected chi connectivity index (χ1v) is 12.7. The summed E-state index contributed by atoms with van der Waals surface area (Å²) < 4.78 is 40.0. The molecule has 0 atom stereocenters. The minimum absolute atomic E-state index is 0.327. The predicted molar refractivity (Wildman–Crippen MR) is 146 cm³/mol. The summed E-state index contributed by atoms with van der Waals surface area (Å²) in [7, 11) is 1.62. The van der Waals surface area contributed by atoms with Gasteiger partial charge in [0.25, 0.3) is 0 Å². The van der Waals surface area contributed by atoms with Crippen molar-refractivity contribution in [3.63, 3.8) is 0 Å². The normalized spacial score (nSPS) is 14.0. The fraction of sp³-hybridized carbons (Fsp3) is 0.250. The Morgan fingerprint density at radius 1 is 0.838 bits per heavy atom. The lowest BCUT2D eigenvalue weighted by molar-refractivity contribution is 0.183. The van der Waals surface area contributed by atoms with Gasteiger partial charge in [0, 0.05) is 18.2 Å². The van der Waals surface area contributed by atoms with Gasteiger partial charge in [-0.1, -0.05) is 43.3 Å². The van der Waals surface area contributed by atoms with E-state index < -0.39 is 11.6 Å². The minimum Gasteiger partial charge on any atom is -0.497 e. The number of halogens is 2. The Morgan fingerprint density at radius 2 is 1.57 bits per heavy atom. The van der Waals surface area contributed by atoms with Crippen LogP contribution in [0.25, 0.3) is 27.5 Å². The van der Waals surface area contributed by atoms with Crippen molar-refractivity contribution in [1.82, 2.24) is 4.90 Å².